The van der Waals surface area contributed by atoms with Crippen LogP contribution >= 0.6 is 11.5 Å². The Morgan fingerprint density at radius 1 is 1.05 bits per heavy atom. The number of ether oxygens (including phenoxy) is 2. The first-order valence-corrected chi connectivity index (χ1v) is 17.1. The van der Waals surface area contributed by atoms with Gasteiger partial charge in [-0.25, -0.2) is 4.98 Å². The summed E-state index contributed by atoms with van der Waals surface area (Å²) in [4.78, 5) is 31.6. The molecule has 214 valence electrons. The van der Waals surface area contributed by atoms with Crippen LogP contribution in [0.1, 0.15) is 60.7 Å². The molecule has 2 aromatic carbocycles. The molecule has 1 N–H and O–H groups in total. The van der Waals surface area contributed by atoms with Crippen LogP contribution < -0.4 is 14.8 Å². The van der Waals surface area contributed by atoms with Gasteiger partial charge in [0.2, 0.25) is 5.13 Å². The van der Waals surface area contributed by atoms with Crippen LogP contribution in [0.15, 0.2) is 42.5 Å². The van der Waals surface area contributed by atoms with Crippen molar-refractivity contribution in [1.29, 1.82) is 0 Å². The Hall–Kier alpha value is -3.28. The predicted molar refractivity (Wildman–Crippen MR) is 159 cm³/mol. The van der Waals surface area contributed by atoms with Crippen LogP contribution in [0.2, 0.25) is 18.1 Å². The van der Waals surface area contributed by atoms with E-state index in [9.17, 15) is 9.59 Å². The van der Waals surface area contributed by atoms with Crippen molar-refractivity contribution in [3.63, 3.8) is 0 Å². The Kier molecular flexibility index (Phi) is 8.96. The molecule has 1 fully saturated rings. The second-order valence-electron chi connectivity index (χ2n) is 11.6. The summed E-state index contributed by atoms with van der Waals surface area (Å²) in [6.45, 7) is 16.7. The summed E-state index contributed by atoms with van der Waals surface area (Å²) in [5, 5.41) is 3.29. The summed E-state index contributed by atoms with van der Waals surface area (Å²) >= 11 is 1.12. The highest BCUT2D eigenvalue weighted by atomic mass is 32.1. The first kappa shape index (κ1) is 29.7. The summed E-state index contributed by atoms with van der Waals surface area (Å²) < 4.78 is 22.8. The maximum atomic E-state index is 13.1. The lowest BCUT2D eigenvalue weighted by atomic mass is 10.1. The SMILES string of the molecule is Cc1nsc(NC(=O)c2cc(Oc3ccc(C(=O)N4CCC4)cc3)cc(O[C@@H](C)CO[Si](C)(C)C(C)(C)C)c2)n1. The van der Waals surface area contributed by atoms with Crippen molar-refractivity contribution in [3.8, 4) is 17.2 Å². The fraction of sp³-hybridized carbons (Fsp3) is 0.448. The van der Waals surface area contributed by atoms with Crippen LogP contribution in [-0.2, 0) is 4.43 Å². The minimum Gasteiger partial charge on any atom is -0.488 e. The van der Waals surface area contributed by atoms with Crippen molar-refractivity contribution >= 4 is 36.8 Å². The summed E-state index contributed by atoms with van der Waals surface area (Å²) in [5.41, 5.74) is 0.967. The number of carbonyl (C=O) groups excluding carboxylic acids is 2. The molecule has 2 amide bonds. The molecule has 2 heterocycles. The second-order valence-corrected chi connectivity index (χ2v) is 17.1. The molecular weight excluding hydrogens is 544 g/mol. The Morgan fingerprint density at radius 2 is 1.73 bits per heavy atom. The van der Waals surface area contributed by atoms with Gasteiger partial charge in [0.05, 0.1) is 6.61 Å². The first-order chi connectivity index (χ1) is 18.8. The Labute approximate surface area is 241 Å². The molecular formula is C29H38N4O5SSi. The number of nitrogens with zero attached hydrogens (tertiary/aromatic N) is 3. The highest BCUT2D eigenvalue weighted by Crippen LogP contribution is 2.37. The number of likely N-dealkylation sites (tertiary alicyclic amines) is 1. The van der Waals surface area contributed by atoms with Crippen molar-refractivity contribution in [2.75, 3.05) is 25.0 Å². The molecule has 1 saturated heterocycles. The van der Waals surface area contributed by atoms with E-state index in [2.05, 4.69) is 48.5 Å². The number of rotatable bonds is 10. The van der Waals surface area contributed by atoms with E-state index in [0.717, 1.165) is 31.0 Å². The van der Waals surface area contributed by atoms with E-state index < -0.39 is 8.32 Å². The molecule has 3 aromatic rings. The predicted octanol–water partition coefficient (Wildman–Crippen LogP) is 6.53. The number of amides is 2. The van der Waals surface area contributed by atoms with Gasteiger partial charge < -0.3 is 18.8 Å². The summed E-state index contributed by atoms with van der Waals surface area (Å²) in [6, 6.07) is 12.1. The summed E-state index contributed by atoms with van der Waals surface area (Å²) in [5.74, 6) is 1.70. The Balaban J connectivity index is 1.52. The monoisotopic (exact) mass is 582 g/mol. The zero-order valence-corrected chi connectivity index (χ0v) is 26.1. The minimum atomic E-state index is -1.94. The molecule has 9 nitrogen and oxygen atoms in total. The molecule has 4 rings (SSSR count). The number of hydrogen-bond acceptors (Lipinski definition) is 8. The van der Waals surface area contributed by atoms with Crippen LogP contribution in [-0.4, -0.2) is 60.2 Å². The van der Waals surface area contributed by atoms with Gasteiger partial charge in [-0.1, -0.05) is 20.8 Å². The third kappa shape index (κ3) is 7.46. The third-order valence-electron chi connectivity index (χ3n) is 7.19. The number of nitrogens with one attached hydrogen (secondary N) is 1. The molecule has 0 radical (unpaired) electrons. The molecule has 1 aliphatic heterocycles. The molecule has 0 unspecified atom stereocenters. The largest absolute Gasteiger partial charge is 0.488 e. The van der Waals surface area contributed by atoms with Gasteiger partial charge in [-0.3, -0.25) is 14.9 Å². The van der Waals surface area contributed by atoms with Gasteiger partial charge in [0.15, 0.2) is 8.32 Å². The van der Waals surface area contributed by atoms with Crippen LogP contribution in [0.5, 0.6) is 17.2 Å². The molecule has 1 aliphatic rings. The van der Waals surface area contributed by atoms with E-state index in [1.165, 1.54) is 0 Å². The minimum absolute atomic E-state index is 0.0213. The van der Waals surface area contributed by atoms with Gasteiger partial charge in [0, 0.05) is 41.8 Å². The smallest absolute Gasteiger partial charge is 0.257 e. The van der Waals surface area contributed by atoms with Gasteiger partial charge >= 0.3 is 0 Å². The lowest BCUT2D eigenvalue weighted by Crippen LogP contribution is -2.43. The van der Waals surface area contributed by atoms with Crippen molar-refractivity contribution < 1.29 is 23.5 Å². The summed E-state index contributed by atoms with van der Waals surface area (Å²) in [6.07, 6.45) is 0.791. The third-order valence-corrected chi connectivity index (χ3v) is 12.4. The number of anilines is 1. The molecule has 0 bridgehead atoms. The van der Waals surface area contributed by atoms with E-state index in [1.807, 2.05) is 11.8 Å². The number of aryl methyl sites for hydroxylation is 1. The van der Waals surface area contributed by atoms with Crippen molar-refractivity contribution in [2.45, 2.75) is 65.3 Å². The fourth-order valence-electron chi connectivity index (χ4n) is 3.66. The molecule has 40 heavy (non-hydrogen) atoms. The zero-order valence-electron chi connectivity index (χ0n) is 24.2. The van der Waals surface area contributed by atoms with Gasteiger partial charge in [0.1, 0.15) is 29.2 Å². The number of benzene rings is 2. The second kappa shape index (κ2) is 12.1. The van der Waals surface area contributed by atoms with Crippen LogP contribution in [0.25, 0.3) is 0 Å². The lowest BCUT2D eigenvalue weighted by molar-refractivity contribution is 0.0651. The average molecular weight is 583 g/mol. The van der Waals surface area contributed by atoms with E-state index in [4.69, 9.17) is 13.9 Å². The molecule has 1 aromatic heterocycles. The average Bonchev–Trinajstić information content (AvgIpc) is 3.25. The summed E-state index contributed by atoms with van der Waals surface area (Å²) in [7, 11) is -1.94. The number of carbonyl (C=O) groups is 2. The van der Waals surface area contributed by atoms with Gasteiger partial charge in [-0.05, 0) is 74.8 Å². The van der Waals surface area contributed by atoms with E-state index in [0.29, 0.717) is 45.9 Å². The van der Waals surface area contributed by atoms with E-state index >= 15 is 0 Å². The number of hydrogen-bond donors (Lipinski definition) is 1. The highest BCUT2D eigenvalue weighted by Gasteiger charge is 2.37. The molecule has 1 atom stereocenters. The van der Waals surface area contributed by atoms with Crippen LogP contribution in [0.3, 0.4) is 0 Å². The Bertz CT molecular complexity index is 1350. The molecule has 0 saturated carbocycles. The van der Waals surface area contributed by atoms with Crippen molar-refractivity contribution in [2.24, 2.45) is 0 Å². The van der Waals surface area contributed by atoms with Gasteiger partial charge in [-0.15, -0.1) is 0 Å². The standard InChI is InChI=1S/C29H38N4O5SSi/c1-19(18-36-40(6,7)29(3,4)5)37-24-15-22(26(34)31-28-30-20(2)32-39-28)16-25(17-24)38-23-11-9-21(10-12-23)27(35)33-13-8-14-33/h9-12,15-17,19H,8,13-14,18H2,1-7H3,(H,30,31,32,34)/t19-/m0/s1. The zero-order chi connectivity index (χ0) is 29.1. The van der Waals surface area contributed by atoms with Crippen molar-refractivity contribution in [1.82, 2.24) is 14.3 Å². The quantitative estimate of drug-likeness (QED) is 0.271. The fourth-order valence-corrected chi connectivity index (χ4v) is 5.31. The topological polar surface area (TPSA) is 103 Å². The molecule has 0 aliphatic carbocycles. The Morgan fingerprint density at radius 3 is 2.30 bits per heavy atom. The highest BCUT2D eigenvalue weighted by molar-refractivity contribution is 7.09. The lowest BCUT2D eigenvalue weighted by Gasteiger charge is -2.36. The van der Waals surface area contributed by atoms with Crippen LogP contribution in [0.4, 0.5) is 5.13 Å². The van der Waals surface area contributed by atoms with E-state index in [1.54, 1.807) is 49.4 Å². The number of aromatic nitrogens is 2. The molecule has 0 spiro atoms. The van der Waals surface area contributed by atoms with Gasteiger partial charge in [-0.2, -0.15) is 4.37 Å². The van der Waals surface area contributed by atoms with Crippen LogP contribution in [0, 0.1) is 6.92 Å². The maximum Gasteiger partial charge on any atom is 0.257 e. The molecule has 11 heteroatoms. The van der Waals surface area contributed by atoms with E-state index in [-0.39, 0.29) is 23.0 Å². The first-order valence-electron chi connectivity index (χ1n) is 13.5. The van der Waals surface area contributed by atoms with Crippen molar-refractivity contribution in [3.05, 3.63) is 59.4 Å². The maximum absolute atomic E-state index is 13.1. The normalized spacial score (nSPS) is 14.3. The van der Waals surface area contributed by atoms with Gasteiger partial charge in [0.25, 0.3) is 11.8 Å².